The van der Waals surface area contributed by atoms with Crippen LogP contribution in [0.5, 0.6) is 0 Å². The summed E-state index contributed by atoms with van der Waals surface area (Å²) in [6.07, 6.45) is 2.42. The lowest BCUT2D eigenvalue weighted by molar-refractivity contribution is -0.115. The fraction of sp³-hybridized carbons (Fsp3) is 0.400. The molecule has 0 bridgehead atoms. The number of nitrogens with zero attached hydrogens (tertiary/aromatic N) is 2. The standard InChI is InChI=1S/C20H23N5O3S/c1-12-4-6-25(7-5-12)10-14-11-29-20(22-14)24-18(27)13-2-3-15-16(8-13)23-17(26)9-21-19(15)28/h2-3,8,11-12H,4-7,9-10H2,1H3,(H,21,28)(H,23,26)(H,22,24,27). The third-order valence-corrected chi connectivity index (χ3v) is 6.05. The lowest BCUT2D eigenvalue weighted by Gasteiger charge is -2.29. The van der Waals surface area contributed by atoms with Gasteiger partial charge < -0.3 is 10.6 Å². The molecule has 0 atom stereocenters. The van der Waals surface area contributed by atoms with Crippen molar-refractivity contribution < 1.29 is 14.4 Å². The van der Waals surface area contributed by atoms with Crippen molar-refractivity contribution in [1.82, 2.24) is 15.2 Å². The van der Waals surface area contributed by atoms with Crippen molar-refractivity contribution >= 4 is 39.9 Å². The number of fused-ring (bicyclic) bond motifs is 1. The number of likely N-dealkylation sites (tertiary alicyclic amines) is 1. The minimum absolute atomic E-state index is 0.0904. The maximum Gasteiger partial charge on any atom is 0.257 e. The van der Waals surface area contributed by atoms with E-state index in [0.717, 1.165) is 31.2 Å². The Balaban J connectivity index is 1.41. The first-order valence-electron chi connectivity index (χ1n) is 9.68. The van der Waals surface area contributed by atoms with Gasteiger partial charge in [-0.15, -0.1) is 11.3 Å². The van der Waals surface area contributed by atoms with Crippen molar-refractivity contribution in [2.75, 3.05) is 30.3 Å². The van der Waals surface area contributed by atoms with Crippen molar-refractivity contribution in [3.8, 4) is 0 Å². The summed E-state index contributed by atoms with van der Waals surface area (Å²) in [5.74, 6) is -0.221. The number of carbonyl (C=O) groups excluding carboxylic acids is 3. The van der Waals surface area contributed by atoms with E-state index >= 15 is 0 Å². The van der Waals surface area contributed by atoms with Crippen molar-refractivity contribution in [2.24, 2.45) is 5.92 Å². The van der Waals surface area contributed by atoms with Crippen molar-refractivity contribution in [3.05, 3.63) is 40.4 Å². The molecule has 3 N–H and O–H groups in total. The Hall–Kier alpha value is -2.78. The summed E-state index contributed by atoms with van der Waals surface area (Å²) in [7, 11) is 0. The molecule has 3 heterocycles. The molecule has 152 valence electrons. The number of anilines is 2. The van der Waals surface area contributed by atoms with Crippen LogP contribution in [0, 0.1) is 5.92 Å². The zero-order valence-corrected chi connectivity index (χ0v) is 17.0. The molecule has 8 nitrogen and oxygen atoms in total. The molecule has 4 rings (SSSR count). The van der Waals surface area contributed by atoms with Crippen molar-refractivity contribution in [3.63, 3.8) is 0 Å². The Labute approximate surface area is 172 Å². The predicted octanol–water partition coefficient (Wildman–Crippen LogP) is 2.31. The molecule has 0 aliphatic carbocycles. The van der Waals surface area contributed by atoms with E-state index in [4.69, 9.17) is 0 Å². The van der Waals surface area contributed by atoms with E-state index in [9.17, 15) is 14.4 Å². The largest absolute Gasteiger partial charge is 0.343 e. The van der Waals surface area contributed by atoms with Crippen LogP contribution in [0.25, 0.3) is 0 Å². The van der Waals surface area contributed by atoms with E-state index in [1.807, 2.05) is 5.38 Å². The Kier molecular flexibility index (Phi) is 5.59. The highest BCUT2D eigenvalue weighted by atomic mass is 32.1. The summed E-state index contributed by atoms with van der Waals surface area (Å²) in [4.78, 5) is 43.2. The van der Waals surface area contributed by atoms with E-state index in [1.165, 1.54) is 36.3 Å². The molecule has 9 heteroatoms. The minimum atomic E-state index is -0.345. The van der Waals surface area contributed by atoms with E-state index in [0.29, 0.717) is 21.9 Å². The Morgan fingerprint density at radius 1 is 1.31 bits per heavy atom. The van der Waals surface area contributed by atoms with Crippen molar-refractivity contribution in [2.45, 2.75) is 26.3 Å². The van der Waals surface area contributed by atoms with E-state index < -0.39 is 0 Å². The van der Waals surface area contributed by atoms with Gasteiger partial charge >= 0.3 is 0 Å². The third-order valence-electron chi connectivity index (χ3n) is 5.24. The van der Waals surface area contributed by atoms with Gasteiger partial charge in [0.1, 0.15) is 0 Å². The maximum atomic E-state index is 12.6. The molecule has 3 amide bonds. The molecule has 1 saturated heterocycles. The first-order chi connectivity index (χ1) is 14.0. The zero-order valence-electron chi connectivity index (χ0n) is 16.2. The van der Waals surface area contributed by atoms with E-state index in [2.05, 4.69) is 32.8 Å². The van der Waals surface area contributed by atoms with Gasteiger partial charge in [-0.05, 0) is 50.0 Å². The summed E-state index contributed by atoms with van der Waals surface area (Å²) in [6, 6.07) is 4.61. The van der Waals surface area contributed by atoms with Gasteiger partial charge in [0.25, 0.3) is 11.8 Å². The highest BCUT2D eigenvalue weighted by Gasteiger charge is 2.21. The second-order valence-corrected chi connectivity index (χ2v) is 8.41. The molecule has 29 heavy (non-hydrogen) atoms. The molecular formula is C20H23N5O3S. The predicted molar refractivity (Wildman–Crippen MR) is 111 cm³/mol. The SMILES string of the molecule is CC1CCN(Cc2csc(NC(=O)c3ccc4c(c3)NC(=O)CNC4=O)n2)CC1. The van der Waals surface area contributed by atoms with Crippen LogP contribution in [-0.2, 0) is 11.3 Å². The molecular weight excluding hydrogens is 390 g/mol. The molecule has 0 spiro atoms. The van der Waals surface area contributed by atoms with Gasteiger partial charge in [0.15, 0.2) is 5.13 Å². The summed E-state index contributed by atoms with van der Waals surface area (Å²) < 4.78 is 0. The molecule has 0 radical (unpaired) electrons. The van der Waals surface area contributed by atoms with E-state index in [-0.39, 0.29) is 24.3 Å². The lowest BCUT2D eigenvalue weighted by Crippen LogP contribution is -2.32. The average molecular weight is 414 g/mol. The number of carbonyl (C=O) groups is 3. The lowest BCUT2D eigenvalue weighted by atomic mass is 9.99. The average Bonchev–Trinajstić information content (AvgIpc) is 3.08. The Morgan fingerprint density at radius 2 is 2.10 bits per heavy atom. The van der Waals surface area contributed by atoms with Gasteiger partial charge in [-0.2, -0.15) is 0 Å². The summed E-state index contributed by atoms with van der Waals surface area (Å²) in [5, 5.41) is 10.5. The van der Waals surface area contributed by atoms with Crippen LogP contribution in [-0.4, -0.2) is 47.2 Å². The number of hydrogen-bond acceptors (Lipinski definition) is 6. The van der Waals surface area contributed by atoms with Gasteiger partial charge in [0.05, 0.1) is 23.5 Å². The zero-order chi connectivity index (χ0) is 20.4. The molecule has 2 aliphatic heterocycles. The summed E-state index contributed by atoms with van der Waals surface area (Å²) in [6.45, 7) is 5.14. The quantitative estimate of drug-likeness (QED) is 0.714. The van der Waals surface area contributed by atoms with Crippen LogP contribution in [0.2, 0.25) is 0 Å². The smallest absolute Gasteiger partial charge is 0.257 e. The van der Waals surface area contributed by atoms with Crippen LogP contribution in [0.3, 0.4) is 0 Å². The van der Waals surface area contributed by atoms with Crippen molar-refractivity contribution in [1.29, 1.82) is 0 Å². The third kappa shape index (κ3) is 4.63. The first kappa shape index (κ1) is 19.5. The fourth-order valence-corrected chi connectivity index (χ4v) is 4.19. The van der Waals surface area contributed by atoms with Gasteiger partial charge in [0.2, 0.25) is 5.91 Å². The number of amides is 3. The van der Waals surface area contributed by atoms with Crippen LogP contribution >= 0.6 is 11.3 Å². The molecule has 1 aromatic heterocycles. The second-order valence-electron chi connectivity index (χ2n) is 7.55. The second kappa shape index (κ2) is 8.30. The molecule has 1 fully saturated rings. The molecule has 2 aliphatic rings. The van der Waals surface area contributed by atoms with Gasteiger partial charge in [-0.25, -0.2) is 4.98 Å². The Morgan fingerprint density at radius 3 is 2.90 bits per heavy atom. The topological polar surface area (TPSA) is 103 Å². The van der Waals surface area contributed by atoms with Gasteiger partial charge in [-0.1, -0.05) is 6.92 Å². The summed E-state index contributed by atoms with van der Waals surface area (Å²) in [5.41, 5.74) is 1.96. The van der Waals surface area contributed by atoms with Gasteiger partial charge in [-0.3, -0.25) is 24.6 Å². The molecule has 1 aromatic carbocycles. The fourth-order valence-electron chi connectivity index (χ4n) is 3.49. The number of aromatic nitrogens is 1. The first-order valence-corrected chi connectivity index (χ1v) is 10.6. The number of thiazole rings is 1. The molecule has 0 unspecified atom stereocenters. The highest BCUT2D eigenvalue weighted by molar-refractivity contribution is 7.14. The van der Waals surface area contributed by atoms with Crippen LogP contribution in [0.4, 0.5) is 10.8 Å². The Bertz CT molecular complexity index is 949. The number of benzene rings is 1. The molecule has 0 saturated carbocycles. The van der Waals surface area contributed by atoms with Crippen LogP contribution in [0.1, 0.15) is 46.2 Å². The number of piperidine rings is 1. The minimum Gasteiger partial charge on any atom is -0.343 e. The van der Waals surface area contributed by atoms with Crippen LogP contribution in [0.15, 0.2) is 23.6 Å². The number of hydrogen-bond donors (Lipinski definition) is 3. The summed E-state index contributed by atoms with van der Waals surface area (Å²) >= 11 is 1.39. The molecule has 2 aromatic rings. The van der Waals surface area contributed by atoms with Gasteiger partial charge in [0, 0.05) is 17.5 Å². The normalized spacial score (nSPS) is 17.8. The highest BCUT2D eigenvalue weighted by Crippen LogP contribution is 2.23. The van der Waals surface area contributed by atoms with E-state index in [1.54, 1.807) is 6.07 Å². The maximum absolute atomic E-state index is 12.6. The monoisotopic (exact) mass is 413 g/mol. The number of rotatable bonds is 4. The number of nitrogens with one attached hydrogen (secondary N) is 3. The van der Waals surface area contributed by atoms with Crippen LogP contribution < -0.4 is 16.0 Å².